The third-order valence-electron chi connectivity index (χ3n) is 16.4. The number of quaternary nitrogens is 1. The number of carboxylic acid groups (broad SMARTS) is 1. The summed E-state index contributed by atoms with van der Waals surface area (Å²) in [6.45, 7) is 4.67. The molecule has 0 aliphatic rings. The van der Waals surface area contributed by atoms with Crippen LogP contribution in [0.3, 0.4) is 0 Å². The minimum Gasteiger partial charge on any atom is -0.477 e. The topological polar surface area (TPSA) is 108 Å². The minimum atomic E-state index is -1.52. The zero-order valence-electron chi connectivity index (χ0n) is 60.9. The van der Waals surface area contributed by atoms with Crippen LogP contribution in [0.25, 0.3) is 0 Å². The van der Waals surface area contributed by atoms with E-state index in [1.54, 1.807) is 0 Å². The van der Waals surface area contributed by atoms with E-state index >= 15 is 0 Å². The zero-order chi connectivity index (χ0) is 67.5. The first-order valence-electron chi connectivity index (χ1n) is 38.3. The van der Waals surface area contributed by atoms with Crippen LogP contribution in [0.5, 0.6) is 0 Å². The fourth-order valence-electron chi connectivity index (χ4n) is 10.6. The Kier molecular flexibility index (Phi) is 69.6. The van der Waals surface area contributed by atoms with Crippen LogP contribution in [0, 0.1) is 0 Å². The number of unbranched alkanes of at least 4 members (excludes halogenated alkanes) is 33. The Labute approximate surface area is 573 Å². The van der Waals surface area contributed by atoms with Crippen LogP contribution >= 0.6 is 0 Å². The molecule has 0 amide bonds. The van der Waals surface area contributed by atoms with E-state index in [9.17, 15) is 19.5 Å². The molecule has 0 rings (SSSR count). The second-order valence-electron chi connectivity index (χ2n) is 26.6. The van der Waals surface area contributed by atoms with E-state index in [-0.39, 0.29) is 32.2 Å². The van der Waals surface area contributed by atoms with Crippen LogP contribution in [0.2, 0.25) is 0 Å². The van der Waals surface area contributed by atoms with Crippen LogP contribution in [0.1, 0.15) is 322 Å². The van der Waals surface area contributed by atoms with Gasteiger partial charge in [-0.3, -0.25) is 9.59 Å². The van der Waals surface area contributed by atoms with Gasteiger partial charge < -0.3 is 28.5 Å². The molecule has 0 heterocycles. The predicted octanol–water partition coefficient (Wildman–Crippen LogP) is 24.5. The Balaban J connectivity index is 4.03. The van der Waals surface area contributed by atoms with Gasteiger partial charge in [0.2, 0.25) is 0 Å². The molecule has 9 heteroatoms. The Hall–Kier alpha value is -4.57. The molecule has 0 radical (unpaired) electrons. The number of likely N-dealkylation sites (N-methyl/N-ethyl adjacent to an activating group) is 1. The summed E-state index contributed by atoms with van der Waals surface area (Å²) in [5.74, 6) is -2.00. The molecule has 0 aliphatic heterocycles. The quantitative estimate of drug-likeness (QED) is 0.0211. The molecule has 9 nitrogen and oxygen atoms in total. The molecule has 532 valence electrons. The summed E-state index contributed by atoms with van der Waals surface area (Å²) in [5, 5.41) is 9.77. The van der Waals surface area contributed by atoms with Gasteiger partial charge in [0.25, 0.3) is 6.29 Å². The van der Waals surface area contributed by atoms with E-state index in [1.165, 1.54) is 173 Å². The Bertz CT molecular complexity index is 2000. The van der Waals surface area contributed by atoms with Crippen LogP contribution in [0.15, 0.2) is 134 Å². The number of esters is 2. The number of aliphatic carboxylic acids is 1. The zero-order valence-corrected chi connectivity index (χ0v) is 60.9. The highest BCUT2D eigenvalue weighted by Gasteiger charge is 2.25. The molecular formula is C84H144NO8+. The van der Waals surface area contributed by atoms with Crippen molar-refractivity contribution in [2.24, 2.45) is 0 Å². The van der Waals surface area contributed by atoms with Gasteiger partial charge in [-0.2, -0.15) is 0 Å². The number of nitrogens with zero attached hydrogens (tertiary/aromatic N) is 1. The summed E-state index contributed by atoms with van der Waals surface area (Å²) >= 11 is 0. The molecule has 1 N–H and O–H groups in total. The number of rotatable bonds is 70. The third-order valence-corrected chi connectivity index (χ3v) is 16.4. The van der Waals surface area contributed by atoms with Gasteiger partial charge in [-0.15, -0.1) is 0 Å². The predicted molar refractivity (Wildman–Crippen MR) is 401 cm³/mol. The van der Waals surface area contributed by atoms with Gasteiger partial charge in [-0.05, 0) is 109 Å². The maximum absolute atomic E-state index is 13.0. The molecule has 0 aromatic rings. The maximum Gasteiger partial charge on any atom is 0.361 e. The molecule has 0 aromatic carbocycles. The number of carbonyl (C=O) groups is 3. The molecule has 0 saturated heterocycles. The van der Waals surface area contributed by atoms with Crippen molar-refractivity contribution < 1.29 is 42.9 Å². The first-order chi connectivity index (χ1) is 45.6. The molecule has 0 bridgehead atoms. The standard InChI is InChI=1S/C84H143NO8/c1-6-8-10-12-14-16-18-20-22-24-26-28-30-32-34-36-37-38-39-40-41-42-43-44-45-47-48-50-52-54-56-58-60-62-64-66-68-70-72-74-81(86)91-78-80(79-92-84(83(88)89)90-77-76-85(3,4)5)93-82(87)75-73-71-69-67-65-63-61-59-57-55-53-51-49-46-35-33-31-29-27-25-23-21-19-17-15-13-11-9-7-2/h8-11,14-17,20-23,26-29,32-35,49,51,80,84H,6-7,12-13,18-19,24-25,30-31,36-48,50,52-79H2,1-5H3/p+1/b10-8-,11-9-,16-14-,17-15-,22-20-,23-21-,28-26-,29-27-,34-32-,35-33-,51-49-. The van der Waals surface area contributed by atoms with Crippen molar-refractivity contribution in [3.63, 3.8) is 0 Å². The Morgan fingerprint density at radius 2 is 0.581 bits per heavy atom. The van der Waals surface area contributed by atoms with Crippen LogP contribution in [-0.2, 0) is 33.3 Å². The second-order valence-corrected chi connectivity index (χ2v) is 26.6. The molecule has 0 spiro atoms. The lowest BCUT2D eigenvalue weighted by Gasteiger charge is -2.25. The van der Waals surface area contributed by atoms with Gasteiger partial charge in [-0.1, -0.05) is 334 Å². The second kappa shape index (κ2) is 73.2. The van der Waals surface area contributed by atoms with Gasteiger partial charge in [0.1, 0.15) is 13.2 Å². The first-order valence-corrected chi connectivity index (χ1v) is 38.3. The molecular weight excluding hydrogens is 1150 g/mol. The fourth-order valence-corrected chi connectivity index (χ4v) is 10.6. The maximum atomic E-state index is 13.0. The van der Waals surface area contributed by atoms with Crippen molar-refractivity contribution in [1.29, 1.82) is 0 Å². The number of allylic oxidation sites excluding steroid dienone is 22. The van der Waals surface area contributed by atoms with Gasteiger partial charge in [0.15, 0.2) is 6.10 Å². The highest BCUT2D eigenvalue weighted by Crippen LogP contribution is 2.18. The molecule has 2 atom stereocenters. The van der Waals surface area contributed by atoms with Crippen LogP contribution in [-0.4, -0.2) is 87.4 Å². The minimum absolute atomic E-state index is 0.183. The largest absolute Gasteiger partial charge is 0.477 e. The number of hydrogen-bond acceptors (Lipinski definition) is 7. The molecule has 93 heavy (non-hydrogen) atoms. The lowest BCUT2D eigenvalue weighted by molar-refractivity contribution is -0.870. The smallest absolute Gasteiger partial charge is 0.361 e. The summed E-state index contributed by atoms with van der Waals surface area (Å²) in [4.78, 5) is 37.7. The van der Waals surface area contributed by atoms with Crippen molar-refractivity contribution in [2.45, 2.75) is 334 Å². The van der Waals surface area contributed by atoms with E-state index < -0.39 is 24.3 Å². The summed E-state index contributed by atoms with van der Waals surface area (Å²) in [6.07, 6.45) is 103. The Morgan fingerprint density at radius 3 is 0.860 bits per heavy atom. The normalized spacial score (nSPS) is 13.4. The van der Waals surface area contributed by atoms with Gasteiger partial charge >= 0.3 is 17.9 Å². The van der Waals surface area contributed by atoms with E-state index in [0.29, 0.717) is 23.9 Å². The van der Waals surface area contributed by atoms with Crippen molar-refractivity contribution in [3.8, 4) is 0 Å². The molecule has 0 aromatic heterocycles. The third kappa shape index (κ3) is 74.7. The average Bonchev–Trinajstić information content (AvgIpc) is 3.74. The van der Waals surface area contributed by atoms with E-state index in [2.05, 4.69) is 148 Å². The highest BCUT2D eigenvalue weighted by atomic mass is 16.7. The summed E-state index contributed by atoms with van der Waals surface area (Å²) in [6, 6.07) is 0. The van der Waals surface area contributed by atoms with Crippen molar-refractivity contribution in [2.75, 3.05) is 47.5 Å². The molecule has 2 unspecified atom stereocenters. The lowest BCUT2D eigenvalue weighted by atomic mass is 10.0. The van der Waals surface area contributed by atoms with Crippen LogP contribution < -0.4 is 0 Å². The summed E-state index contributed by atoms with van der Waals surface area (Å²) in [5.41, 5.74) is 0. The first kappa shape index (κ1) is 88.4. The van der Waals surface area contributed by atoms with E-state index in [1.807, 2.05) is 21.1 Å². The van der Waals surface area contributed by atoms with Gasteiger partial charge in [0, 0.05) is 12.8 Å². The monoisotopic (exact) mass is 1300 g/mol. The van der Waals surface area contributed by atoms with Crippen molar-refractivity contribution in [1.82, 2.24) is 0 Å². The molecule has 0 aliphatic carbocycles. The molecule has 0 fully saturated rings. The number of ether oxygens (including phenoxy) is 4. The Morgan fingerprint density at radius 1 is 0.323 bits per heavy atom. The van der Waals surface area contributed by atoms with Gasteiger partial charge in [-0.25, -0.2) is 4.79 Å². The summed E-state index contributed by atoms with van der Waals surface area (Å²) < 4.78 is 23.0. The highest BCUT2D eigenvalue weighted by molar-refractivity contribution is 5.71. The molecule has 0 saturated carbocycles. The number of carboxylic acids is 1. The fraction of sp³-hybridized carbons (Fsp3) is 0.702. The van der Waals surface area contributed by atoms with Crippen LogP contribution in [0.4, 0.5) is 0 Å². The summed E-state index contributed by atoms with van der Waals surface area (Å²) in [7, 11) is 5.98. The SMILES string of the molecule is CC/C=C\C/C=C\C/C=C\C/C=C\C/C=C\C/C=C\CCCCCCCCCCCCC(=O)OC(COC(=O)CCCCCCCCCCCCCCCCCCCCCCCCC/C=C\C/C=C\C/C=C\C/C=C\C/C=C\CC)COC(OCC[N+](C)(C)C)C(=O)O. The van der Waals surface area contributed by atoms with E-state index in [4.69, 9.17) is 18.9 Å². The van der Waals surface area contributed by atoms with Crippen molar-refractivity contribution >= 4 is 17.9 Å². The van der Waals surface area contributed by atoms with Crippen molar-refractivity contribution in [3.05, 3.63) is 134 Å². The lowest BCUT2D eigenvalue weighted by Crippen LogP contribution is -2.40. The van der Waals surface area contributed by atoms with Gasteiger partial charge in [0.05, 0.1) is 34.4 Å². The number of carbonyl (C=O) groups excluding carboxylic acids is 2. The number of hydrogen-bond donors (Lipinski definition) is 1. The van der Waals surface area contributed by atoms with E-state index in [0.717, 1.165) is 116 Å². The average molecular weight is 1300 g/mol.